The lowest BCUT2D eigenvalue weighted by Crippen LogP contribution is -1.92. The van der Waals surface area contributed by atoms with Crippen molar-refractivity contribution in [1.82, 2.24) is 0 Å². The third kappa shape index (κ3) is 3.63. The van der Waals surface area contributed by atoms with Gasteiger partial charge in [0.1, 0.15) is 5.75 Å². The van der Waals surface area contributed by atoms with Gasteiger partial charge in [-0.2, -0.15) is 0 Å². The van der Waals surface area contributed by atoms with Gasteiger partial charge < -0.3 is 9.84 Å². The molecule has 0 aliphatic rings. The van der Waals surface area contributed by atoms with Gasteiger partial charge in [0.05, 0.1) is 7.11 Å². The number of rotatable bonds is 2. The molecule has 0 bridgehead atoms. The molecular weight excluding hydrogens is 228 g/mol. The molecule has 0 unspecified atom stereocenters. The van der Waals surface area contributed by atoms with Gasteiger partial charge in [-0.05, 0) is 18.4 Å². The summed E-state index contributed by atoms with van der Waals surface area (Å²) in [6.45, 7) is 4.60. The van der Waals surface area contributed by atoms with E-state index in [1.54, 1.807) is 7.11 Å². The Balaban J connectivity index is 0.000000232. The predicted octanol–water partition coefficient (Wildman–Crippen LogP) is 3.50. The van der Waals surface area contributed by atoms with Gasteiger partial charge in [-0.15, -0.1) is 0 Å². The highest BCUT2D eigenvalue weighted by Crippen LogP contribution is 2.24. The molecule has 1 N–H and O–H groups in total. The molecule has 0 saturated heterocycles. The van der Waals surface area contributed by atoms with Gasteiger partial charge in [-0.25, -0.2) is 4.79 Å². The number of benzene rings is 2. The predicted molar refractivity (Wildman–Crippen MR) is 72.9 cm³/mol. The second-order valence-electron chi connectivity index (χ2n) is 3.77. The van der Waals surface area contributed by atoms with Gasteiger partial charge in [-0.1, -0.05) is 43.0 Å². The molecule has 0 aliphatic carbocycles. The van der Waals surface area contributed by atoms with Crippen molar-refractivity contribution in [1.29, 1.82) is 0 Å². The number of aliphatic carboxylic acids is 1. The Morgan fingerprint density at radius 2 is 1.72 bits per heavy atom. The van der Waals surface area contributed by atoms with Crippen LogP contribution in [0.15, 0.2) is 54.6 Å². The standard InChI is InChI=1S/C11H10O.C4H6O2/c1-12-11-8-4-6-9-5-2-3-7-10(9)11;1-3(2)4(5)6/h2-8H,1H3;1H2,2H3,(H,5,6). The molecule has 0 saturated carbocycles. The van der Waals surface area contributed by atoms with E-state index in [0.29, 0.717) is 0 Å². The lowest BCUT2D eigenvalue weighted by molar-refractivity contribution is -0.132. The first-order valence-corrected chi connectivity index (χ1v) is 5.47. The third-order valence-corrected chi connectivity index (χ3v) is 2.33. The van der Waals surface area contributed by atoms with Crippen molar-refractivity contribution in [3.63, 3.8) is 0 Å². The van der Waals surface area contributed by atoms with E-state index in [-0.39, 0.29) is 5.57 Å². The molecule has 2 aromatic carbocycles. The van der Waals surface area contributed by atoms with Crippen molar-refractivity contribution in [2.45, 2.75) is 6.92 Å². The highest BCUT2D eigenvalue weighted by molar-refractivity contribution is 5.88. The summed E-state index contributed by atoms with van der Waals surface area (Å²) < 4.78 is 5.23. The summed E-state index contributed by atoms with van der Waals surface area (Å²) in [6.07, 6.45) is 0. The molecule has 2 aromatic rings. The Morgan fingerprint density at radius 3 is 2.28 bits per heavy atom. The van der Waals surface area contributed by atoms with E-state index in [1.165, 1.54) is 17.7 Å². The SMILES string of the molecule is C=C(C)C(=O)O.COc1cccc2ccccc12. The van der Waals surface area contributed by atoms with Crippen LogP contribution in [0.2, 0.25) is 0 Å². The normalized spacial score (nSPS) is 9.22. The van der Waals surface area contributed by atoms with E-state index in [2.05, 4.69) is 24.8 Å². The lowest BCUT2D eigenvalue weighted by Gasteiger charge is -2.03. The van der Waals surface area contributed by atoms with Gasteiger partial charge in [-0.3, -0.25) is 0 Å². The molecule has 0 radical (unpaired) electrons. The minimum Gasteiger partial charge on any atom is -0.496 e. The number of ether oxygens (including phenoxy) is 1. The van der Waals surface area contributed by atoms with Gasteiger partial charge in [0, 0.05) is 11.0 Å². The average molecular weight is 244 g/mol. The zero-order chi connectivity index (χ0) is 13.5. The van der Waals surface area contributed by atoms with Crippen LogP contribution in [0.5, 0.6) is 5.75 Å². The lowest BCUT2D eigenvalue weighted by atomic mass is 10.1. The van der Waals surface area contributed by atoms with Crippen LogP contribution in [0.25, 0.3) is 10.8 Å². The fourth-order valence-electron chi connectivity index (χ4n) is 1.37. The number of carboxylic acid groups (broad SMARTS) is 1. The fraction of sp³-hybridized carbons (Fsp3) is 0.133. The maximum atomic E-state index is 9.60. The quantitative estimate of drug-likeness (QED) is 0.822. The van der Waals surface area contributed by atoms with Crippen molar-refractivity contribution in [3.8, 4) is 5.75 Å². The summed E-state index contributed by atoms with van der Waals surface area (Å²) >= 11 is 0. The maximum absolute atomic E-state index is 9.60. The van der Waals surface area contributed by atoms with Crippen molar-refractivity contribution in [2.24, 2.45) is 0 Å². The highest BCUT2D eigenvalue weighted by atomic mass is 16.5. The Labute approximate surface area is 106 Å². The molecule has 0 aliphatic heterocycles. The van der Waals surface area contributed by atoms with Crippen molar-refractivity contribution in [3.05, 3.63) is 54.6 Å². The first kappa shape index (κ1) is 13.8. The second kappa shape index (κ2) is 6.45. The molecule has 2 rings (SSSR count). The Kier molecular flexibility index (Phi) is 4.93. The third-order valence-electron chi connectivity index (χ3n) is 2.33. The minimum atomic E-state index is -0.935. The first-order valence-electron chi connectivity index (χ1n) is 5.47. The Morgan fingerprint density at radius 1 is 1.17 bits per heavy atom. The van der Waals surface area contributed by atoms with E-state index in [4.69, 9.17) is 9.84 Å². The van der Waals surface area contributed by atoms with Gasteiger partial charge in [0.25, 0.3) is 0 Å². The molecule has 3 nitrogen and oxygen atoms in total. The fourth-order valence-corrected chi connectivity index (χ4v) is 1.37. The molecule has 94 valence electrons. The summed E-state index contributed by atoms with van der Waals surface area (Å²) in [4.78, 5) is 9.60. The van der Waals surface area contributed by atoms with E-state index >= 15 is 0 Å². The zero-order valence-electron chi connectivity index (χ0n) is 10.5. The summed E-state index contributed by atoms with van der Waals surface area (Å²) in [6, 6.07) is 14.2. The van der Waals surface area contributed by atoms with Crippen LogP contribution in [0.4, 0.5) is 0 Å². The van der Waals surface area contributed by atoms with Crippen LogP contribution in [-0.4, -0.2) is 18.2 Å². The monoisotopic (exact) mass is 244 g/mol. The smallest absolute Gasteiger partial charge is 0.330 e. The molecule has 0 fully saturated rings. The zero-order valence-corrected chi connectivity index (χ0v) is 10.5. The van der Waals surface area contributed by atoms with Gasteiger partial charge in [0.15, 0.2) is 0 Å². The Bertz CT molecular complexity index is 541. The van der Waals surface area contributed by atoms with Crippen LogP contribution < -0.4 is 4.74 Å². The van der Waals surface area contributed by atoms with Gasteiger partial charge >= 0.3 is 5.97 Å². The minimum absolute atomic E-state index is 0.176. The molecule has 0 amide bonds. The Hall–Kier alpha value is -2.29. The van der Waals surface area contributed by atoms with Crippen LogP contribution in [0.1, 0.15) is 6.92 Å². The maximum Gasteiger partial charge on any atom is 0.330 e. The molecule has 3 heteroatoms. The number of methoxy groups -OCH3 is 1. The van der Waals surface area contributed by atoms with Crippen molar-refractivity contribution in [2.75, 3.05) is 7.11 Å². The first-order chi connectivity index (χ1) is 8.56. The van der Waals surface area contributed by atoms with Crippen molar-refractivity contribution < 1.29 is 14.6 Å². The number of carboxylic acids is 1. The average Bonchev–Trinajstić information content (AvgIpc) is 2.38. The molecular formula is C15H16O3. The summed E-state index contributed by atoms with van der Waals surface area (Å²) in [5.41, 5.74) is 0.176. The van der Waals surface area contributed by atoms with E-state index in [9.17, 15) is 4.79 Å². The summed E-state index contributed by atoms with van der Waals surface area (Å²) in [5.74, 6) is 0.00287. The van der Waals surface area contributed by atoms with E-state index in [0.717, 1.165) is 5.75 Å². The van der Waals surface area contributed by atoms with E-state index < -0.39 is 5.97 Å². The molecule has 18 heavy (non-hydrogen) atoms. The molecule has 0 aromatic heterocycles. The van der Waals surface area contributed by atoms with Gasteiger partial charge in [0.2, 0.25) is 0 Å². The summed E-state index contributed by atoms with van der Waals surface area (Å²) in [5, 5.41) is 10.3. The number of carbonyl (C=O) groups is 1. The molecule has 0 heterocycles. The largest absolute Gasteiger partial charge is 0.496 e. The highest BCUT2D eigenvalue weighted by Gasteiger charge is 1.97. The molecule has 0 spiro atoms. The molecule has 0 atom stereocenters. The number of hydrogen-bond donors (Lipinski definition) is 1. The van der Waals surface area contributed by atoms with Crippen LogP contribution in [0.3, 0.4) is 0 Å². The second-order valence-corrected chi connectivity index (χ2v) is 3.77. The van der Waals surface area contributed by atoms with Crippen LogP contribution in [0, 0.1) is 0 Å². The van der Waals surface area contributed by atoms with Crippen LogP contribution in [-0.2, 0) is 4.79 Å². The van der Waals surface area contributed by atoms with Crippen molar-refractivity contribution >= 4 is 16.7 Å². The topological polar surface area (TPSA) is 46.5 Å². The summed E-state index contributed by atoms with van der Waals surface area (Å²) in [7, 11) is 1.70. The van der Waals surface area contributed by atoms with E-state index in [1.807, 2.05) is 24.3 Å². The number of fused-ring (bicyclic) bond motifs is 1. The number of hydrogen-bond acceptors (Lipinski definition) is 2. The van der Waals surface area contributed by atoms with Crippen LogP contribution >= 0.6 is 0 Å².